The summed E-state index contributed by atoms with van der Waals surface area (Å²) in [7, 11) is 1.38. The first-order valence-electron chi connectivity index (χ1n) is 17.9. The monoisotopic (exact) mass is 784 g/mol. The van der Waals surface area contributed by atoms with Gasteiger partial charge in [0.1, 0.15) is 29.6 Å². The molecule has 0 spiro atoms. The van der Waals surface area contributed by atoms with Crippen molar-refractivity contribution in [2.24, 2.45) is 0 Å². The van der Waals surface area contributed by atoms with E-state index in [0.29, 0.717) is 22.3 Å². The molecule has 0 aliphatic carbocycles. The van der Waals surface area contributed by atoms with E-state index in [1.54, 1.807) is 48.5 Å². The fourth-order valence-electron chi connectivity index (χ4n) is 6.10. The minimum atomic E-state index is -0.963. The number of esters is 4. The van der Waals surface area contributed by atoms with Crippen molar-refractivity contribution in [1.29, 1.82) is 5.26 Å². The van der Waals surface area contributed by atoms with Crippen molar-refractivity contribution < 1.29 is 57.4 Å². The summed E-state index contributed by atoms with van der Waals surface area (Å²) in [5.74, 6) is -2.68. The molecule has 58 heavy (non-hydrogen) atoms. The molecule has 4 aromatic carbocycles. The van der Waals surface area contributed by atoms with Crippen molar-refractivity contribution in [1.82, 2.24) is 0 Å². The van der Waals surface area contributed by atoms with Gasteiger partial charge in [0.25, 0.3) is 5.70 Å². The predicted molar refractivity (Wildman–Crippen MR) is 205 cm³/mol. The Hall–Kier alpha value is -7.10. The lowest BCUT2D eigenvalue weighted by Gasteiger charge is -2.17. The summed E-state index contributed by atoms with van der Waals surface area (Å²) in [4.78, 5) is 54.8. The molecule has 294 valence electrons. The van der Waals surface area contributed by atoms with Gasteiger partial charge < -0.3 is 38.3 Å². The van der Waals surface area contributed by atoms with E-state index in [-0.39, 0.29) is 47.3 Å². The van der Waals surface area contributed by atoms with Gasteiger partial charge >= 0.3 is 23.9 Å². The molecule has 0 aromatic heterocycles. The number of ether oxygens (including phenoxy) is 7. The maximum absolute atomic E-state index is 13.1. The molecule has 6 rings (SSSR count). The molecule has 14 heteroatoms. The Morgan fingerprint density at radius 3 is 1.79 bits per heavy atom. The molecule has 2 fully saturated rings. The number of rotatable bonds is 12. The molecule has 2 heterocycles. The van der Waals surface area contributed by atoms with Gasteiger partial charge in [0, 0.05) is 5.56 Å². The number of hydrogen-bond acceptors (Lipinski definition) is 13. The molecule has 1 N–H and O–H groups in total. The van der Waals surface area contributed by atoms with Crippen molar-refractivity contribution in [2.75, 3.05) is 20.3 Å². The van der Waals surface area contributed by atoms with E-state index in [2.05, 4.69) is 4.85 Å². The fraction of sp³-hybridized carbons (Fsp3) is 0.227. The predicted octanol–water partition coefficient (Wildman–Crippen LogP) is 5.73. The van der Waals surface area contributed by atoms with Gasteiger partial charge in [0.15, 0.2) is 23.7 Å². The van der Waals surface area contributed by atoms with Crippen LogP contribution in [0.2, 0.25) is 0 Å². The van der Waals surface area contributed by atoms with Crippen LogP contribution in [-0.2, 0) is 35.1 Å². The lowest BCUT2D eigenvalue weighted by Crippen LogP contribution is -2.36. The number of hydrogen-bond donors (Lipinski definition) is 1. The van der Waals surface area contributed by atoms with Crippen molar-refractivity contribution in [3.8, 4) is 23.3 Å². The van der Waals surface area contributed by atoms with E-state index in [0.717, 1.165) is 11.1 Å². The van der Waals surface area contributed by atoms with E-state index < -0.39 is 54.9 Å². The molecule has 0 saturated carbocycles. The van der Waals surface area contributed by atoms with Crippen LogP contribution in [0.15, 0.2) is 96.2 Å². The Labute approximate surface area is 333 Å². The topological polar surface area (TPSA) is 181 Å². The maximum atomic E-state index is 13.1. The van der Waals surface area contributed by atoms with Gasteiger partial charge in [0.2, 0.25) is 0 Å². The molecule has 0 amide bonds. The highest BCUT2D eigenvalue weighted by Crippen LogP contribution is 2.33. The maximum Gasteiger partial charge on any atom is 0.349 e. The number of fused-ring (bicyclic) bond motifs is 1. The number of nitriles is 1. The van der Waals surface area contributed by atoms with Crippen LogP contribution in [0.3, 0.4) is 0 Å². The van der Waals surface area contributed by atoms with Gasteiger partial charge in [0.05, 0.1) is 44.6 Å². The fourth-order valence-corrected chi connectivity index (χ4v) is 6.10. The number of aryl methyl sites for hydroxylation is 2. The zero-order valence-electron chi connectivity index (χ0n) is 31.5. The van der Waals surface area contributed by atoms with Crippen LogP contribution in [0, 0.1) is 31.8 Å². The normalized spacial score (nSPS) is 18.6. The number of aliphatic hydroxyl groups is 1. The highest BCUT2D eigenvalue weighted by atomic mass is 16.7. The summed E-state index contributed by atoms with van der Waals surface area (Å²) in [6.07, 6.45) is -0.984. The van der Waals surface area contributed by atoms with Gasteiger partial charge in [-0.05, 0) is 85.7 Å². The van der Waals surface area contributed by atoms with E-state index >= 15 is 0 Å². The van der Waals surface area contributed by atoms with Gasteiger partial charge in [-0.1, -0.05) is 47.5 Å². The summed E-state index contributed by atoms with van der Waals surface area (Å²) in [6, 6.07) is 24.4. The number of carbonyl (C=O) groups excluding carboxylic acids is 4. The minimum Gasteiger partial charge on any atom is -0.493 e. The highest BCUT2D eigenvalue weighted by molar-refractivity contribution is 5.98. The second kappa shape index (κ2) is 18.2. The quantitative estimate of drug-likeness (QED) is 0.0605. The Bertz CT molecular complexity index is 2200. The average molecular weight is 785 g/mol. The summed E-state index contributed by atoms with van der Waals surface area (Å²) in [5, 5.41) is 19.8. The van der Waals surface area contributed by atoms with Crippen LogP contribution in [0.5, 0.6) is 17.2 Å². The number of methoxy groups -OCH3 is 1. The lowest BCUT2D eigenvalue weighted by molar-refractivity contribution is -0.150. The molecule has 0 unspecified atom stereocenters. The molecular weight excluding hydrogens is 748 g/mol. The van der Waals surface area contributed by atoms with Gasteiger partial charge in [-0.3, -0.25) is 4.79 Å². The van der Waals surface area contributed by atoms with Crippen LogP contribution in [0.1, 0.15) is 48.5 Å². The smallest absolute Gasteiger partial charge is 0.349 e. The molecule has 2 aliphatic heterocycles. The Morgan fingerprint density at radius 1 is 0.759 bits per heavy atom. The van der Waals surface area contributed by atoms with Crippen molar-refractivity contribution >= 4 is 36.0 Å². The number of carbonyl (C=O) groups is 4. The van der Waals surface area contributed by atoms with Gasteiger partial charge in [-0.15, -0.1) is 0 Å². The van der Waals surface area contributed by atoms with Gasteiger partial charge in [-0.25, -0.2) is 19.2 Å². The van der Waals surface area contributed by atoms with E-state index in [4.69, 9.17) is 39.7 Å². The van der Waals surface area contributed by atoms with Crippen molar-refractivity contribution in [2.45, 2.75) is 44.9 Å². The number of nitrogens with zero attached hydrogens (tertiary/aromatic N) is 2. The third-order valence-corrected chi connectivity index (χ3v) is 9.19. The van der Waals surface area contributed by atoms with Crippen molar-refractivity contribution in [3.63, 3.8) is 0 Å². The first-order chi connectivity index (χ1) is 28.0. The largest absolute Gasteiger partial charge is 0.493 e. The zero-order chi connectivity index (χ0) is 41.3. The molecule has 4 aromatic rings. The molecule has 2 aliphatic rings. The number of benzene rings is 4. The molecule has 0 radical (unpaired) electrons. The highest BCUT2D eigenvalue weighted by Gasteiger charge is 2.51. The second-order valence-corrected chi connectivity index (χ2v) is 13.2. The van der Waals surface area contributed by atoms with Crippen LogP contribution < -0.4 is 14.2 Å². The summed E-state index contributed by atoms with van der Waals surface area (Å²) in [5.41, 5.74) is 2.92. The molecule has 2 saturated heterocycles. The first kappa shape index (κ1) is 40.6. The zero-order valence-corrected chi connectivity index (χ0v) is 31.5. The average Bonchev–Trinajstić information content (AvgIpc) is 3.82. The van der Waals surface area contributed by atoms with E-state index in [9.17, 15) is 29.5 Å². The van der Waals surface area contributed by atoms with E-state index in [1.165, 1.54) is 55.7 Å². The standard InChI is InChI=1S/C44H36N2O12/c1-25-5-11-29(12-6-25)41(48)55-34-15-9-27(18-32(34)22-47)19-33(46-3)44(51)58-38-24-54-39-37(23-53-40(38)39)57-43(50)31(21-45)17-28-10-16-35(36(20-28)52-4)56-42(49)30-13-7-26(2)8-14-30/h5-20,37-40,47H,22-24H2,1-2,4H3/b31-17+,33-19-/t37-,38+,39+,40+/m0/s1. The minimum absolute atomic E-state index is 0.112. The molecule has 4 atom stereocenters. The van der Waals surface area contributed by atoms with Crippen molar-refractivity contribution in [3.05, 3.63) is 147 Å². The summed E-state index contributed by atoms with van der Waals surface area (Å²) in [6.45, 7) is 10.7. The Morgan fingerprint density at radius 2 is 1.28 bits per heavy atom. The van der Waals surface area contributed by atoms with Crippen LogP contribution in [-0.4, -0.2) is 73.7 Å². The van der Waals surface area contributed by atoms with Crippen LogP contribution in [0.4, 0.5) is 0 Å². The third-order valence-electron chi connectivity index (χ3n) is 9.19. The summed E-state index contributed by atoms with van der Waals surface area (Å²) >= 11 is 0. The summed E-state index contributed by atoms with van der Waals surface area (Å²) < 4.78 is 39.1. The Kier molecular flexibility index (Phi) is 12.7. The number of aliphatic hydroxyl groups excluding tert-OH is 1. The van der Waals surface area contributed by atoms with E-state index in [1.807, 2.05) is 19.9 Å². The Balaban J connectivity index is 1.06. The first-order valence-corrected chi connectivity index (χ1v) is 17.9. The molecular formula is C44H36N2O12. The van der Waals surface area contributed by atoms with Crippen LogP contribution in [0.25, 0.3) is 17.0 Å². The van der Waals surface area contributed by atoms with Crippen LogP contribution >= 0.6 is 0 Å². The molecule has 14 nitrogen and oxygen atoms in total. The SMILES string of the molecule is [C-]#[N+]/C(=C\c1ccc(OC(=O)c2ccc(C)cc2)c(CO)c1)C(=O)O[C@@H]1CO[C@H]2[C@@H]1OC[C@@H]2OC(=O)/C(C#N)=C/c1ccc(OC(=O)c2ccc(C)cc2)c(OC)c1. The lowest BCUT2D eigenvalue weighted by atomic mass is 10.1. The third kappa shape index (κ3) is 9.46. The molecule has 0 bridgehead atoms. The van der Waals surface area contributed by atoms with Gasteiger partial charge in [-0.2, -0.15) is 5.26 Å². The second-order valence-electron chi connectivity index (χ2n) is 13.2.